The van der Waals surface area contributed by atoms with Crippen LogP contribution in [0.15, 0.2) is 29.2 Å². The smallest absolute Gasteiger partial charge is 0.269 e. The fourth-order valence-corrected chi connectivity index (χ4v) is 5.75. The van der Waals surface area contributed by atoms with Crippen LogP contribution in [0.1, 0.15) is 25.7 Å². The quantitative estimate of drug-likeness (QED) is 0.482. The van der Waals surface area contributed by atoms with E-state index in [1.807, 2.05) is 0 Å². The van der Waals surface area contributed by atoms with Gasteiger partial charge in [-0.05, 0) is 12.1 Å². The van der Waals surface area contributed by atoms with Crippen molar-refractivity contribution in [3.63, 3.8) is 0 Å². The van der Waals surface area contributed by atoms with Crippen molar-refractivity contribution in [3.05, 3.63) is 34.4 Å². The van der Waals surface area contributed by atoms with Crippen molar-refractivity contribution >= 4 is 15.5 Å². The number of rotatable bonds is 7. The molecule has 1 aromatic rings. The monoisotopic (exact) mass is 369 g/mol. The summed E-state index contributed by atoms with van der Waals surface area (Å²) in [4.78, 5) is 13.4. The predicted molar refractivity (Wildman–Crippen MR) is 93.7 cm³/mol. The number of nitro benzene ring substituents is 1. The van der Waals surface area contributed by atoms with E-state index < -0.39 is 14.8 Å². The van der Waals surface area contributed by atoms with Gasteiger partial charge in [0.15, 0.2) is 15.9 Å². The Morgan fingerprint density at radius 3 is 2.12 bits per heavy atom. The maximum absolute atomic E-state index is 12.9. The topological polar surface area (TPSA) is 86.2 Å². The summed E-state index contributed by atoms with van der Waals surface area (Å²) in [5, 5.41) is 10.8. The molecule has 2 fully saturated rings. The summed E-state index contributed by atoms with van der Waals surface area (Å²) in [6, 6.07) is 5.39. The van der Waals surface area contributed by atoms with E-state index in [-0.39, 0.29) is 22.4 Å². The molecule has 1 atom stereocenters. The number of hydrogen-bond acceptors (Lipinski definition) is 4. The summed E-state index contributed by atoms with van der Waals surface area (Å²) in [7, 11) is -3.44. The molecule has 2 heterocycles. The lowest BCUT2D eigenvalue weighted by molar-refractivity contribution is -0.963. The van der Waals surface area contributed by atoms with Crippen LogP contribution >= 0.6 is 0 Å². The molecule has 7 nitrogen and oxygen atoms in total. The molecule has 25 heavy (non-hydrogen) atoms. The third-order valence-electron chi connectivity index (χ3n) is 5.50. The summed E-state index contributed by atoms with van der Waals surface area (Å²) in [6.45, 7) is 5.28. The van der Waals surface area contributed by atoms with Gasteiger partial charge in [-0.25, -0.2) is 8.42 Å². The van der Waals surface area contributed by atoms with Crippen LogP contribution in [0.2, 0.25) is 0 Å². The molecule has 2 aliphatic heterocycles. The number of nitro groups is 1. The minimum Gasteiger partial charge on any atom is -0.330 e. The number of nitrogens with zero attached hydrogens (tertiary/aromatic N) is 1. The highest BCUT2D eigenvalue weighted by molar-refractivity contribution is 7.91. The fourth-order valence-electron chi connectivity index (χ4n) is 4.12. The summed E-state index contributed by atoms with van der Waals surface area (Å²) in [6.07, 6.45) is 4.79. The van der Waals surface area contributed by atoms with Gasteiger partial charge in [0.2, 0.25) is 0 Å². The largest absolute Gasteiger partial charge is 0.330 e. The highest BCUT2D eigenvalue weighted by atomic mass is 32.2. The lowest BCUT2D eigenvalue weighted by atomic mass is 10.2. The Bertz CT molecular complexity index is 693. The van der Waals surface area contributed by atoms with Crippen molar-refractivity contribution in [3.8, 4) is 0 Å². The summed E-state index contributed by atoms with van der Waals surface area (Å²) in [5.41, 5.74) is -0.0813. The SMILES string of the molecule is O=[N+]([O-])c1ccc(S(=O)(=O)C[C@H](C[NH+]2CCCC2)[NH+]2CCCC2)cc1. The van der Waals surface area contributed by atoms with Crippen LogP contribution in [0.25, 0.3) is 0 Å². The van der Waals surface area contributed by atoms with E-state index in [9.17, 15) is 18.5 Å². The molecule has 0 aromatic heterocycles. The molecule has 0 radical (unpaired) electrons. The van der Waals surface area contributed by atoms with Crippen molar-refractivity contribution in [1.29, 1.82) is 0 Å². The minimum absolute atomic E-state index is 0.0813. The van der Waals surface area contributed by atoms with Gasteiger partial charge in [-0.2, -0.15) is 0 Å². The Morgan fingerprint density at radius 2 is 1.56 bits per heavy atom. The van der Waals surface area contributed by atoms with E-state index in [0.29, 0.717) is 0 Å². The van der Waals surface area contributed by atoms with E-state index in [4.69, 9.17) is 0 Å². The van der Waals surface area contributed by atoms with Crippen LogP contribution < -0.4 is 9.80 Å². The first-order valence-corrected chi connectivity index (χ1v) is 10.8. The molecule has 0 spiro atoms. The van der Waals surface area contributed by atoms with Crippen molar-refractivity contribution in [2.45, 2.75) is 36.6 Å². The third kappa shape index (κ3) is 4.56. The molecular weight excluding hydrogens is 342 g/mol. The van der Waals surface area contributed by atoms with E-state index in [2.05, 4.69) is 0 Å². The van der Waals surface area contributed by atoms with Gasteiger partial charge in [-0.3, -0.25) is 10.1 Å². The summed E-state index contributed by atoms with van der Waals surface area (Å²) >= 11 is 0. The highest BCUT2D eigenvalue weighted by Gasteiger charge is 2.35. The molecule has 2 aliphatic rings. The Hall–Kier alpha value is -1.51. The second-order valence-electron chi connectivity index (χ2n) is 7.26. The van der Waals surface area contributed by atoms with Gasteiger partial charge < -0.3 is 9.80 Å². The van der Waals surface area contributed by atoms with Crippen LogP contribution in [0, 0.1) is 10.1 Å². The van der Waals surface area contributed by atoms with Crippen molar-refractivity contribution in [2.24, 2.45) is 0 Å². The van der Waals surface area contributed by atoms with Crippen molar-refractivity contribution < 1.29 is 23.1 Å². The lowest BCUT2D eigenvalue weighted by Crippen LogP contribution is -3.22. The van der Waals surface area contributed by atoms with Gasteiger partial charge >= 0.3 is 0 Å². The third-order valence-corrected chi connectivity index (χ3v) is 7.33. The number of quaternary nitrogens is 2. The average molecular weight is 369 g/mol. The molecule has 3 rings (SSSR count). The second-order valence-corrected chi connectivity index (χ2v) is 9.29. The molecule has 0 unspecified atom stereocenters. The number of nitrogens with one attached hydrogen (secondary N) is 2. The second kappa shape index (κ2) is 7.80. The molecule has 2 N–H and O–H groups in total. The fraction of sp³-hybridized carbons (Fsp3) is 0.647. The molecule has 0 aliphatic carbocycles. The zero-order chi connectivity index (χ0) is 17.9. The van der Waals surface area contributed by atoms with Gasteiger partial charge in [0.25, 0.3) is 5.69 Å². The maximum Gasteiger partial charge on any atom is 0.269 e. The highest BCUT2D eigenvalue weighted by Crippen LogP contribution is 2.17. The number of non-ortho nitro benzene ring substituents is 1. The molecule has 1 aromatic carbocycles. The number of hydrogen-bond donors (Lipinski definition) is 2. The molecule has 8 heteroatoms. The first-order valence-electron chi connectivity index (χ1n) is 9.11. The van der Waals surface area contributed by atoms with Crippen LogP contribution in [0.4, 0.5) is 5.69 Å². The van der Waals surface area contributed by atoms with Gasteiger partial charge in [0, 0.05) is 37.8 Å². The molecular formula is C17H27N3O4S+2. The number of sulfone groups is 1. The maximum atomic E-state index is 12.9. The van der Waals surface area contributed by atoms with Crippen LogP contribution in [0.5, 0.6) is 0 Å². The molecule has 0 amide bonds. The summed E-state index contributed by atoms with van der Waals surface area (Å²) in [5.74, 6) is 0.129. The van der Waals surface area contributed by atoms with E-state index in [1.165, 1.54) is 59.7 Å². The number of likely N-dealkylation sites (tertiary alicyclic amines) is 2. The Labute approximate surface area is 148 Å². The van der Waals surface area contributed by atoms with Gasteiger partial charge in [-0.15, -0.1) is 0 Å². The minimum atomic E-state index is -3.44. The van der Waals surface area contributed by atoms with E-state index in [1.54, 1.807) is 0 Å². The summed E-state index contributed by atoms with van der Waals surface area (Å²) < 4.78 is 25.7. The Balaban J connectivity index is 1.75. The van der Waals surface area contributed by atoms with Crippen LogP contribution in [-0.2, 0) is 9.84 Å². The average Bonchev–Trinajstić information content (AvgIpc) is 3.28. The normalized spacial score (nSPS) is 20.8. The molecule has 2 saturated heterocycles. The number of benzene rings is 1. The van der Waals surface area contributed by atoms with Crippen LogP contribution in [0.3, 0.4) is 0 Å². The first kappa shape index (κ1) is 18.3. The molecule has 0 bridgehead atoms. The van der Waals surface area contributed by atoms with E-state index >= 15 is 0 Å². The predicted octanol–water partition coefficient (Wildman–Crippen LogP) is -0.905. The van der Waals surface area contributed by atoms with Gasteiger partial charge in [0.05, 0.1) is 36.0 Å². The van der Waals surface area contributed by atoms with Gasteiger partial charge in [-0.1, -0.05) is 0 Å². The Morgan fingerprint density at radius 1 is 1.00 bits per heavy atom. The zero-order valence-electron chi connectivity index (χ0n) is 14.4. The van der Waals surface area contributed by atoms with E-state index in [0.717, 1.165) is 32.7 Å². The van der Waals surface area contributed by atoms with Crippen LogP contribution in [-0.4, -0.2) is 57.9 Å². The molecule has 0 saturated carbocycles. The first-order chi connectivity index (χ1) is 12.0. The van der Waals surface area contributed by atoms with Crippen molar-refractivity contribution in [2.75, 3.05) is 38.5 Å². The lowest BCUT2D eigenvalue weighted by Gasteiger charge is -2.26. The zero-order valence-corrected chi connectivity index (χ0v) is 15.3. The standard InChI is InChI=1S/C17H25N3O4S/c21-20(22)15-5-7-17(8-6-15)25(23,24)14-16(19-11-3-4-12-19)13-18-9-1-2-10-18/h5-8,16H,1-4,9-14H2/p+2/t16-/m0/s1. The van der Waals surface area contributed by atoms with Gasteiger partial charge in [0.1, 0.15) is 12.3 Å². The Kier molecular flexibility index (Phi) is 5.71. The molecule has 138 valence electrons. The van der Waals surface area contributed by atoms with Crippen molar-refractivity contribution in [1.82, 2.24) is 0 Å².